The largest absolute Gasteiger partial charge is 0.325 e. The Balaban J connectivity index is 0.00000176. The summed E-state index contributed by atoms with van der Waals surface area (Å²) in [4.78, 5) is 12.1. The molecule has 1 heterocycles. The summed E-state index contributed by atoms with van der Waals surface area (Å²) in [5.74, 6) is 1.16. The Hall–Kier alpha value is -0.710. The summed E-state index contributed by atoms with van der Waals surface area (Å²) >= 11 is 2.06. The van der Waals surface area contributed by atoms with Gasteiger partial charge in [0.15, 0.2) is 0 Å². The molecule has 3 nitrogen and oxygen atoms in total. The monoisotopic (exact) mass is 340 g/mol. The lowest BCUT2D eigenvalue weighted by molar-refractivity contribution is -0.117. The molecule has 5 heteroatoms. The molecule has 2 fully saturated rings. The number of hydrogen-bond acceptors (Lipinski definition) is 3. The van der Waals surface area contributed by atoms with Gasteiger partial charge in [-0.2, -0.15) is 11.8 Å². The first-order valence-corrected chi connectivity index (χ1v) is 9.11. The molecule has 1 amide bonds. The highest BCUT2D eigenvalue weighted by Crippen LogP contribution is 2.31. The van der Waals surface area contributed by atoms with Gasteiger partial charge >= 0.3 is 0 Å². The van der Waals surface area contributed by atoms with Crippen LogP contribution in [0.15, 0.2) is 24.3 Å². The van der Waals surface area contributed by atoms with Crippen molar-refractivity contribution in [3.8, 4) is 0 Å². The molecule has 1 aromatic carbocycles. The predicted molar refractivity (Wildman–Crippen MR) is 96.9 cm³/mol. The third-order valence-corrected chi connectivity index (χ3v) is 5.80. The maximum absolute atomic E-state index is 12.1. The molecular formula is C17H25ClN2OS. The van der Waals surface area contributed by atoms with Crippen molar-refractivity contribution in [1.29, 1.82) is 0 Å². The Kier molecular flexibility index (Phi) is 7.06. The van der Waals surface area contributed by atoms with Crippen LogP contribution in [0.1, 0.15) is 44.1 Å². The van der Waals surface area contributed by atoms with E-state index in [0.717, 1.165) is 36.1 Å². The average Bonchev–Trinajstić information content (AvgIpc) is 3.19. The quantitative estimate of drug-likeness (QED) is 0.852. The van der Waals surface area contributed by atoms with Gasteiger partial charge in [0.05, 0.1) is 6.04 Å². The number of halogens is 1. The van der Waals surface area contributed by atoms with Crippen LogP contribution >= 0.6 is 24.2 Å². The highest BCUT2D eigenvalue weighted by molar-refractivity contribution is 7.99. The molecule has 0 radical (unpaired) electrons. The Morgan fingerprint density at radius 2 is 2.05 bits per heavy atom. The molecule has 22 heavy (non-hydrogen) atoms. The van der Waals surface area contributed by atoms with Gasteiger partial charge in [-0.05, 0) is 49.9 Å². The summed E-state index contributed by atoms with van der Waals surface area (Å²) < 4.78 is 0. The normalized spacial score (nSPS) is 21.5. The summed E-state index contributed by atoms with van der Waals surface area (Å²) in [6.07, 6.45) is 7.56. The van der Waals surface area contributed by atoms with E-state index >= 15 is 0 Å². The Labute approximate surface area is 143 Å². The minimum atomic E-state index is -0.0125. The van der Waals surface area contributed by atoms with Crippen LogP contribution in [0.25, 0.3) is 0 Å². The van der Waals surface area contributed by atoms with Crippen LogP contribution in [0.5, 0.6) is 0 Å². The molecule has 0 bridgehead atoms. The molecule has 1 saturated carbocycles. The molecule has 1 aliphatic carbocycles. The minimum absolute atomic E-state index is 0. The van der Waals surface area contributed by atoms with Gasteiger partial charge in [-0.15, -0.1) is 12.4 Å². The van der Waals surface area contributed by atoms with Gasteiger partial charge in [-0.1, -0.05) is 25.0 Å². The first-order chi connectivity index (χ1) is 10.3. The van der Waals surface area contributed by atoms with Gasteiger partial charge in [-0.25, -0.2) is 0 Å². The van der Waals surface area contributed by atoms with E-state index in [9.17, 15) is 4.79 Å². The summed E-state index contributed by atoms with van der Waals surface area (Å²) in [6.45, 7) is 0.955. The van der Waals surface area contributed by atoms with Gasteiger partial charge in [0.2, 0.25) is 5.91 Å². The molecule has 2 aliphatic rings. The van der Waals surface area contributed by atoms with Gasteiger partial charge in [0.1, 0.15) is 0 Å². The molecule has 0 aromatic heterocycles. The van der Waals surface area contributed by atoms with Crippen molar-refractivity contribution in [2.75, 3.05) is 11.9 Å². The van der Waals surface area contributed by atoms with Crippen LogP contribution < -0.4 is 10.6 Å². The molecule has 1 unspecified atom stereocenters. The van der Waals surface area contributed by atoms with Gasteiger partial charge in [0, 0.05) is 16.7 Å². The molecule has 1 aromatic rings. The van der Waals surface area contributed by atoms with Crippen LogP contribution in [0.2, 0.25) is 0 Å². The van der Waals surface area contributed by atoms with Gasteiger partial charge < -0.3 is 10.6 Å². The number of rotatable bonds is 5. The van der Waals surface area contributed by atoms with Crippen LogP contribution in [0.4, 0.5) is 5.69 Å². The Morgan fingerprint density at radius 1 is 1.23 bits per heavy atom. The summed E-state index contributed by atoms with van der Waals surface area (Å²) in [7, 11) is 0. The third kappa shape index (κ3) is 4.90. The number of amides is 1. The van der Waals surface area contributed by atoms with Crippen molar-refractivity contribution in [3.05, 3.63) is 29.8 Å². The van der Waals surface area contributed by atoms with E-state index in [-0.39, 0.29) is 24.4 Å². The lowest BCUT2D eigenvalue weighted by Gasteiger charge is -2.13. The number of benzene rings is 1. The molecular weight excluding hydrogens is 316 g/mol. The van der Waals surface area contributed by atoms with Crippen LogP contribution in [-0.4, -0.2) is 23.7 Å². The smallest absolute Gasteiger partial charge is 0.241 e. The lowest BCUT2D eigenvalue weighted by Crippen LogP contribution is -2.35. The SMILES string of the molecule is Cl.O=C(Nc1cccc(CSC2CCCC2)c1)C1CCCN1. The third-order valence-electron chi connectivity index (χ3n) is 4.36. The molecule has 0 spiro atoms. The predicted octanol–water partition coefficient (Wildman–Crippen LogP) is 3.97. The van der Waals surface area contributed by atoms with E-state index in [2.05, 4.69) is 34.5 Å². The fraction of sp³-hybridized carbons (Fsp3) is 0.588. The maximum Gasteiger partial charge on any atom is 0.241 e. The molecule has 2 N–H and O–H groups in total. The highest BCUT2D eigenvalue weighted by atomic mass is 35.5. The fourth-order valence-electron chi connectivity index (χ4n) is 3.15. The number of anilines is 1. The summed E-state index contributed by atoms with van der Waals surface area (Å²) in [5.41, 5.74) is 2.24. The average molecular weight is 341 g/mol. The molecule has 1 atom stereocenters. The van der Waals surface area contributed by atoms with Crippen molar-refractivity contribution in [2.24, 2.45) is 0 Å². The van der Waals surface area contributed by atoms with Gasteiger partial charge in [-0.3, -0.25) is 4.79 Å². The summed E-state index contributed by atoms with van der Waals surface area (Å²) in [5, 5.41) is 7.12. The Morgan fingerprint density at radius 3 is 2.77 bits per heavy atom. The second kappa shape index (κ2) is 8.80. The first-order valence-electron chi connectivity index (χ1n) is 8.06. The molecule has 1 saturated heterocycles. The van der Waals surface area contributed by atoms with E-state index in [1.54, 1.807) is 0 Å². The van der Waals surface area contributed by atoms with Crippen molar-refractivity contribution < 1.29 is 4.79 Å². The number of carbonyl (C=O) groups excluding carboxylic acids is 1. The molecule has 1 aliphatic heterocycles. The van der Waals surface area contributed by atoms with E-state index in [1.807, 2.05) is 12.1 Å². The zero-order valence-corrected chi connectivity index (χ0v) is 14.5. The molecule has 3 rings (SSSR count). The number of carbonyl (C=O) groups is 1. The zero-order chi connectivity index (χ0) is 14.5. The van der Waals surface area contributed by atoms with Crippen molar-refractivity contribution in [1.82, 2.24) is 5.32 Å². The minimum Gasteiger partial charge on any atom is -0.325 e. The molecule has 122 valence electrons. The topological polar surface area (TPSA) is 41.1 Å². The summed E-state index contributed by atoms with van der Waals surface area (Å²) in [6, 6.07) is 8.29. The number of nitrogens with one attached hydrogen (secondary N) is 2. The maximum atomic E-state index is 12.1. The Bertz CT molecular complexity index is 485. The van der Waals surface area contributed by atoms with Crippen molar-refractivity contribution >= 4 is 35.8 Å². The second-order valence-electron chi connectivity index (χ2n) is 6.06. The van der Waals surface area contributed by atoms with E-state index in [4.69, 9.17) is 0 Å². The number of thioether (sulfide) groups is 1. The van der Waals surface area contributed by atoms with Gasteiger partial charge in [0.25, 0.3) is 0 Å². The fourth-order valence-corrected chi connectivity index (χ4v) is 4.42. The second-order valence-corrected chi connectivity index (χ2v) is 7.34. The van der Waals surface area contributed by atoms with Crippen molar-refractivity contribution in [3.63, 3.8) is 0 Å². The van der Waals surface area contributed by atoms with E-state index in [0.29, 0.717) is 0 Å². The number of hydrogen-bond donors (Lipinski definition) is 2. The van der Waals surface area contributed by atoms with Crippen LogP contribution in [0.3, 0.4) is 0 Å². The lowest BCUT2D eigenvalue weighted by atomic mass is 10.2. The van der Waals surface area contributed by atoms with Crippen LogP contribution in [-0.2, 0) is 10.5 Å². The van der Waals surface area contributed by atoms with E-state index in [1.165, 1.54) is 31.2 Å². The zero-order valence-electron chi connectivity index (χ0n) is 12.8. The van der Waals surface area contributed by atoms with E-state index < -0.39 is 0 Å². The van der Waals surface area contributed by atoms with Crippen molar-refractivity contribution in [2.45, 2.75) is 55.6 Å². The first kappa shape index (κ1) is 17.6. The standard InChI is InChI=1S/C17H24N2OS.ClH/c20-17(16-9-4-10-18-16)19-14-6-3-5-13(11-14)12-21-15-7-1-2-8-15;/h3,5-6,11,15-16,18H,1-2,4,7-10,12H2,(H,19,20);1H. The highest BCUT2D eigenvalue weighted by Gasteiger charge is 2.22. The van der Waals surface area contributed by atoms with Crippen LogP contribution in [0, 0.1) is 0 Å².